The Morgan fingerprint density at radius 3 is 1.96 bits per heavy atom. The fourth-order valence-electron chi connectivity index (χ4n) is 2.41. The van der Waals surface area contributed by atoms with Crippen molar-refractivity contribution in [2.24, 2.45) is 0 Å². The molecular weight excluding hydrogens is 372 g/mol. The highest BCUT2D eigenvalue weighted by molar-refractivity contribution is 6.75. The molecule has 0 aliphatic carbocycles. The van der Waals surface area contributed by atoms with Gasteiger partial charge < -0.3 is 13.6 Å². The minimum Gasteiger partial charge on any atom is -0.543 e. The Bertz CT molecular complexity index is 712. The van der Waals surface area contributed by atoms with Gasteiger partial charge in [0.15, 0.2) is 23.9 Å². The Kier molecular flexibility index (Phi) is 5.67. The van der Waals surface area contributed by atoms with Crippen LogP contribution in [0.5, 0.6) is 17.2 Å². The number of carbonyl (C=O) groups is 1. The molecule has 1 unspecified atom stereocenters. The second kappa shape index (κ2) is 6.96. The van der Waals surface area contributed by atoms with E-state index >= 15 is 0 Å². The smallest absolute Gasteiger partial charge is 0.250 e. The molecule has 0 spiro atoms. The molecule has 0 saturated carbocycles. The molecular formula is C21H36O4Si2. The van der Waals surface area contributed by atoms with Crippen LogP contribution in [-0.2, 0) is 11.2 Å². The monoisotopic (exact) mass is 408 g/mol. The van der Waals surface area contributed by atoms with Crippen molar-refractivity contribution in [1.29, 1.82) is 0 Å². The van der Waals surface area contributed by atoms with Crippen molar-refractivity contribution in [2.75, 3.05) is 0 Å². The lowest BCUT2D eigenvalue weighted by Gasteiger charge is -2.38. The van der Waals surface area contributed by atoms with E-state index in [9.17, 15) is 4.79 Å². The summed E-state index contributed by atoms with van der Waals surface area (Å²) in [5.74, 6) is 2.25. The maximum atomic E-state index is 11.3. The lowest BCUT2D eigenvalue weighted by atomic mass is 10.1. The lowest BCUT2D eigenvalue weighted by Crippen LogP contribution is -2.44. The number of carbonyl (C=O) groups excluding carboxylic acids is 1. The molecule has 1 aromatic carbocycles. The first-order valence-electron chi connectivity index (χ1n) is 9.74. The average Bonchev–Trinajstić information content (AvgIpc) is 2.87. The van der Waals surface area contributed by atoms with E-state index in [1.165, 1.54) is 0 Å². The van der Waals surface area contributed by atoms with Gasteiger partial charge in [-0.15, -0.1) is 0 Å². The lowest BCUT2D eigenvalue weighted by molar-refractivity contribution is -0.113. The first-order valence-corrected chi connectivity index (χ1v) is 15.6. The van der Waals surface area contributed by atoms with Crippen molar-refractivity contribution < 1.29 is 18.4 Å². The summed E-state index contributed by atoms with van der Waals surface area (Å²) < 4.78 is 19.0. The van der Waals surface area contributed by atoms with Gasteiger partial charge in [0.1, 0.15) is 5.75 Å². The van der Waals surface area contributed by atoms with Crippen LogP contribution < -0.4 is 13.6 Å². The van der Waals surface area contributed by atoms with Crippen LogP contribution in [0.3, 0.4) is 0 Å². The number of fused-ring (bicyclic) bond motifs is 1. The largest absolute Gasteiger partial charge is 0.543 e. The molecule has 27 heavy (non-hydrogen) atoms. The molecule has 1 aromatic rings. The Labute approximate surface area is 166 Å². The fourth-order valence-corrected chi connectivity index (χ4v) is 4.43. The van der Waals surface area contributed by atoms with Crippen LogP contribution in [-0.4, -0.2) is 29.0 Å². The van der Waals surface area contributed by atoms with Crippen LogP contribution in [0, 0.1) is 0 Å². The van der Waals surface area contributed by atoms with E-state index < -0.39 is 22.7 Å². The number of benzene rings is 1. The summed E-state index contributed by atoms with van der Waals surface area (Å²) in [6.07, 6.45) is 0.996. The topological polar surface area (TPSA) is 44.8 Å². The first kappa shape index (κ1) is 22.0. The van der Waals surface area contributed by atoms with Crippen molar-refractivity contribution in [3.63, 3.8) is 0 Å². The highest BCUT2D eigenvalue weighted by Crippen LogP contribution is 2.47. The van der Waals surface area contributed by atoms with Gasteiger partial charge >= 0.3 is 0 Å². The summed E-state index contributed by atoms with van der Waals surface area (Å²) in [5, 5.41) is 0.174. The Morgan fingerprint density at radius 2 is 1.48 bits per heavy atom. The molecule has 2 rings (SSSR count). The molecule has 1 aliphatic heterocycles. The second-order valence-corrected chi connectivity index (χ2v) is 20.1. The van der Waals surface area contributed by atoms with Crippen LogP contribution in [0.15, 0.2) is 12.1 Å². The third-order valence-electron chi connectivity index (χ3n) is 6.30. The van der Waals surface area contributed by atoms with Crippen LogP contribution in [0.25, 0.3) is 0 Å². The zero-order valence-corrected chi connectivity index (χ0v) is 20.6. The average molecular weight is 409 g/mol. The highest BCUT2D eigenvalue weighted by Gasteiger charge is 2.42. The Morgan fingerprint density at radius 1 is 0.963 bits per heavy atom. The summed E-state index contributed by atoms with van der Waals surface area (Å²) in [7, 11) is -4.03. The predicted molar refractivity (Wildman–Crippen MR) is 116 cm³/mol. The quantitative estimate of drug-likeness (QED) is 0.445. The van der Waals surface area contributed by atoms with Gasteiger partial charge in [0, 0.05) is 18.1 Å². The minimum atomic E-state index is -2.05. The number of rotatable bonds is 5. The van der Waals surface area contributed by atoms with Crippen LogP contribution in [0.2, 0.25) is 36.3 Å². The molecule has 0 aromatic heterocycles. The number of hydrogen-bond acceptors (Lipinski definition) is 4. The molecule has 6 heteroatoms. The summed E-state index contributed by atoms with van der Waals surface area (Å²) >= 11 is 0. The standard InChI is InChI=1S/C21H36O4Si2/c1-20(2,3)26(7,8)24-16-11-15-12-17(14-22)23-19(15)18(13-16)25-27(9,10)21(4,5)6/h11,13-14,17H,12H2,1-10H3. The van der Waals surface area contributed by atoms with Gasteiger partial charge in [0.05, 0.1) is 0 Å². The van der Waals surface area contributed by atoms with E-state index in [1.54, 1.807) is 0 Å². The van der Waals surface area contributed by atoms with Crippen molar-refractivity contribution in [3.05, 3.63) is 17.7 Å². The third kappa shape index (κ3) is 4.59. The summed E-state index contributed by atoms with van der Waals surface area (Å²) in [6.45, 7) is 22.2. The summed E-state index contributed by atoms with van der Waals surface area (Å²) in [6, 6.07) is 3.99. The van der Waals surface area contributed by atoms with Crippen molar-refractivity contribution in [1.82, 2.24) is 0 Å². The maximum absolute atomic E-state index is 11.3. The molecule has 1 atom stereocenters. The number of hydrogen-bond donors (Lipinski definition) is 0. The molecule has 0 amide bonds. The molecule has 0 saturated heterocycles. The zero-order chi connectivity index (χ0) is 20.8. The van der Waals surface area contributed by atoms with Crippen LogP contribution in [0.1, 0.15) is 47.1 Å². The Balaban J connectivity index is 2.47. The van der Waals surface area contributed by atoms with Crippen molar-refractivity contribution in [3.8, 4) is 17.2 Å². The van der Waals surface area contributed by atoms with Gasteiger partial charge in [0.2, 0.25) is 8.32 Å². The van der Waals surface area contributed by atoms with Gasteiger partial charge in [0.25, 0.3) is 8.32 Å². The summed E-state index contributed by atoms with van der Waals surface area (Å²) in [4.78, 5) is 11.3. The van der Waals surface area contributed by atoms with Crippen LogP contribution >= 0.6 is 0 Å². The predicted octanol–water partition coefficient (Wildman–Crippen LogP) is 5.96. The van der Waals surface area contributed by atoms with Gasteiger partial charge in [-0.3, -0.25) is 4.79 Å². The van der Waals surface area contributed by atoms with E-state index in [1.807, 2.05) is 12.1 Å². The summed E-state index contributed by atoms with van der Waals surface area (Å²) in [5.41, 5.74) is 0.997. The van der Waals surface area contributed by atoms with E-state index in [0.29, 0.717) is 12.2 Å². The first-order chi connectivity index (χ1) is 12.1. The normalized spacial score (nSPS) is 17.9. The van der Waals surface area contributed by atoms with E-state index in [-0.39, 0.29) is 10.1 Å². The van der Waals surface area contributed by atoms with Gasteiger partial charge in [-0.1, -0.05) is 41.5 Å². The highest BCUT2D eigenvalue weighted by atomic mass is 28.4. The van der Waals surface area contributed by atoms with Crippen molar-refractivity contribution >= 4 is 22.9 Å². The van der Waals surface area contributed by atoms with E-state index in [2.05, 4.69) is 67.7 Å². The molecule has 152 valence electrons. The zero-order valence-electron chi connectivity index (χ0n) is 18.6. The van der Waals surface area contributed by atoms with Gasteiger partial charge in [-0.05, 0) is 42.3 Å². The molecule has 4 nitrogen and oxygen atoms in total. The minimum absolute atomic E-state index is 0.0683. The van der Waals surface area contributed by atoms with Crippen molar-refractivity contribution in [2.45, 2.75) is 90.3 Å². The molecule has 0 fully saturated rings. The molecule has 0 bridgehead atoms. The van der Waals surface area contributed by atoms with Crippen LogP contribution in [0.4, 0.5) is 0 Å². The molecule has 0 N–H and O–H groups in total. The number of ether oxygens (including phenoxy) is 1. The molecule has 0 radical (unpaired) electrons. The number of aldehydes is 1. The van der Waals surface area contributed by atoms with E-state index in [4.69, 9.17) is 13.6 Å². The SMILES string of the molecule is CC(C)(C)[Si](C)(C)Oc1cc2c(c(O[Si](C)(C)C(C)(C)C)c1)OC(C=O)C2. The maximum Gasteiger partial charge on any atom is 0.250 e. The Hall–Kier alpha value is -1.28. The van der Waals surface area contributed by atoms with Gasteiger partial charge in [-0.25, -0.2) is 0 Å². The third-order valence-corrected chi connectivity index (χ3v) is 15.0. The van der Waals surface area contributed by atoms with E-state index in [0.717, 1.165) is 23.3 Å². The molecule has 1 heterocycles. The molecule has 1 aliphatic rings. The fraction of sp³-hybridized carbons (Fsp3) is 0.667. The van der Waals surface area contributed by atoms with Gasteiger partial charge in [-0.2, -0.15) is 0 Å². The second-order valence-electron chi connectivity index (χ2n) is 10.6.